The van der Waals surface area contributed by atoms with Crippen molar-refractivity contribution in [2.24, 2.45) is 5.73 Å². The molecule has 1 fully saturated rings. The summed E-state index contributed by atoms with van der Waals surface area (Å²) >= 11 is 0. The molecule has 1 aromatic heterocycles. The summed E-state index contributed by atoms with van der Waals surface area (Å²) in [6.07, 6.45) is 1.94. The van der Waals surface area contributed by atoms with Crippen LogP contribution in [0.5, 0.6) is 0 Å². The van der Waals surface area contributed by atoms with E-state index in [1.165, 1.54) is 5.69 Å². The molecule has 2 heterocycles. The Kier molecular flexibility index (Phi) is 3.64. The SMILES string of the molecule is CC1CN(c2ccc(CN)nc2)CC(C)N1C. The first-order valence-electron chi connectivity index (χ1n) is 6.23. The van der Waals surface area contributed by atoms with Crippen molar-refractivity contribution in [3.63, 3.8) is 0 Å². The van der Waals surface area contributed by atoms with E-state index in [2.05, 4.69) is 41.7 Å². The molecule has 17 heavy (non-hydrogen) atoms. The Hall–Kier alpha value is -1.13. The fourth-order valence-corrected chi connectivity index (χ4v) is 2.34. The second-order valence-electron chi connectivity index (χ2n) is 4.98. The maximum absolute atomic E-state index is 5.56. The van der Waals surface area contributed by atoms with E-state index < -0.39 is 0 Å². The largest absolute Gasteiger partial charge is 0.367 e. The van der Waals surface area contributed by atoms with Crippen LogP contribution in [0.3, 0.4) is 0 Å². The van der Waals surface area contributed by atoms with E-state index in [4.69, 9.17) is 5.73 Å². The maximum atomic E-state index is 5.56. The average Bonchev–Trinajstić information content (AvgIpc) is 2.35. The predicted octanol–water partition coefficient (Wildman–Crippen LogP) is 1.07. The maximum Gasteiger partial charge on any atom is 0.0554 e. The number of likely N-dealkylation sites (N-methyl/N-ethyl adjacent to an activating group) is 1. The first kappa shape index (κ1) is 12.3. The molecule has 94 valence electrons. The molecule has 0 bridgehead atoms. The van der Waals surface area contributed by atoms with Crippen LogP contribution in [-0.2, 0) is 6.54 Å². The highest BCUT2D eigenvalue weighted by molar-refractivity contribution is 5.45. The molecule has 1 aliphatic heterocycles. The van der Waals surface area contributed by atoms with Gasteiger partial charge in [-0.25, -0.2) is 0 Å². The van der Waals surface area contributed by atoms with Crippen LogP contribution >= 0.6 is 0 Å². The molecule has 0 aliphatic carbocycles. The Labute approximate surface area is 103 Å². The van der Waals surface area contributed by atoms with Gasteiger partial charge in [-0.1, -0.05) is 0 Å². The summed E-state index contributed by atoms with van der Waals surface area (Å²) in [5, 5.41) is 0. The minimum Gasteiger partial charge on any atom is -0.367 e. The number of hydrogen-bond donors (Lipinski definition) is 1. The summed E-state index contributed by atoms with van der Waals surface area (Å²) in [6.45, 7) is 7.17. The monoisotopic (exact) mass is 234 g/mol. The van der Waals surface area contributed by atoms with Gasteiger partial charge in [-0.15, -0.1) is 0 Å². The van der Waals surface area contributed by atoms with Gasteiger partial charge in [0, 0.05) is 31.7 Å². The Morgan fingerprint density at radius 3 is 2.41 bits per heavy atom. The van der Waals surface area contributed by atoms with Crippen LogP contribution in [0, 0.1) is 0 Å². The zero-order chi connectivity index (χ0) is 12.4. The lowest BCUT2D eigenvalue weighted by molar-refractivity contribution is 0.170. The van der Waals surface area contributed by atoms with Gasteiger partial charge in [-0.3, -0.25) is 9.88 Å². The van der Waals surface area contributed by atoms with Crippen molar-refractivity contribution in [1.29, 1.82) is 0 Å². The third-order valence-electron chi connectivity index (χ3n) is 3.74. The standard InChI is InChI=1S/C13H22N4/c1-10-8-17(9-11(2)16(10)3)13-5-4-12(6-14)15-7-13/h4-5,7,10-11H,6,8-9,14H2,1-3H3. The van der Waals surface area contributed by atoms with E-state index in [0.717, 1.165) is 18.8 Å². The Balaban J connectivity index is 2.11. The first-order valence-corrected chi connectivity index (χ1v) is 6.23. The molecule has 0 amide bonds. The molecule has 1 aliphatic rings. The van der Waals surface area contributed by atoms with Crippen molar-refractivity contribution in [2.45, 2.75) is 32.5 Å². The Bertz CT molecular complexity index is 350. The molecular formula is C13H22N4. The highest BCUT2D eigenvalue weighted by atomic mass is 15.3. The molecule has 2 unspecified atom stereocenters. The molecule has 4 nitrogen and oxygen atoms in total. The summed E-state index contributed by atoms with van der Waals surface area (Å²) in [5.74, 6) is 0. The van der Waals surface area contributed by atoms with Crippen molar-refractivity contribution in [3.05, 3.63) is 24.0 Å². The van der Waals surface area contributed by atoms with Gasteiger partial charge in [0.15, 0.2) is 0 Å². The number of pyridine rings is 1. The lowest BCUT2D eigenvalue weighted by Gasteiger charge is -2.43. The molecule has 2 atom stereocenters. The number of anilines is 1. The number of rotatable bonds is 2. The van der Waals surface area contributed by atoms with E-state index >= 15 is 0 Å². The second kappa shape index (κ2) is 5.02. The smallest absolute Gasteiger partial charge is 0.0554 e. The minimum absolute atomic E-state index is 0.510. The van der Waals surface area contributed by atoms with Gasteiger partial charge in [0.1, 0.15) is 0 Å². The van der Waals surface area contributed by atoms with Gasteiger partial charge in [0.2, 0.25) is 0 Å². The van der Waals surface area contributed by atoms with Crippen molar-refractivity contribution in [3.8, 4) is 0 Å². The topological polar surface area (TPSA) is 45.4 Å². The van der Waals surface area contributed by atoms with E-state index in [9.17, 15) is 0 Å². The predicted molar refractivity (Wildman–Crippen MR) is 71.0 cm³/mol. The number of hydrogen-bond acceptors (Lipinski definition) is 4. The van der Waals surface area contributed by atoms with Crippen LogP contribution < -0.4 is 10.6 Å². The van der Waals surface area contributed by atoms with Gasteiger partial charge in [0.05, 0.1) is 17.6 Å². The average molecular weight is 234 g/mol. The minimum atomic E-state index is 0.510. The lowest BCUT2D eigenvalue weighted by atomic mass is 10.1. The van der Waals surface area contributed by atoms with Crippen LogP contribution in [0.2, 0.25) is 0 Å². The molecular weight excluding hydrogens is 212 g/mol. The molecule has 0 aromatic carbocycles. The van der Waals surface area contributed by atoms with Gasteiger partial charge in [0.25, 0.3) is 0 Å². The zero-order valence-corrected chi connectivity index (χ0v) is 10.9. The van der Waals surface area contributed by atoms with Gasteiger partial charge >= 0.3 is 0 Å². The number of piperazine rings is 1. The number of nitrogens with two attached hydrogens (primary N) is 1. The van der Waals surface area contributed by atoms with E-state index in [1.54, 1.807) is 0 Å². The molecule has 1 aromatic rings. The molecule has 0 radical (unpaired) electrons. The molecule has 2 N–H and O–H groups in total. The molecule has 0 saturated carbocycles. The molecule has 0 spiro atoms. The summed E-state index contributed by atoms with van der Waals surface area (Å²) < 4.78 is 0. The van der Waals surface area contributed by atoms with Crippen molar-refractivity contribution in [1.82, 2.24) is 9.88 Å². The van der Waals surface area contributed by atoms with Crippen LogP contribution in [-0.4, -0.2) is 42.1 Å². The lowest BCUT2D eigenvalue weighted by Crippen LogP contribution is -2.55. The van der Waals surface area contributed by atoms with Gasteiger partial charge in [-0.2, -0.15) is 0 Å². The highest BCUT2D eigenvalue weighted by Gasteiger charge is 2.26. The molecule has 1 saturated heterocycles. The van der Waals surface area contributed by atoms with E-state index in [1.807, 2.05) is 12.3 Å². The molecule has 4 heteroatoms. The van der Waals surface area contributed by atoms with Crippen LogP contribution in [0.15, 0.2) is 18.3 Å². The van der Waals surface area contributed by atoms with Crippen LogP contribution in [0.4, 0.5) is 5.69 Å². The quantitative estimate of drug-likeness (QED) is 0.831. The fraction of sp³-hybridized carbons (Fsp3) is 0.615. The summed E-state index contributed by atoms with van der Waals surface area (Å²) in [5.41, 5.74) is 7.71. The van der Waals surface area contributed by atoms with Crippen molar-refractivity contribution < 1.29 is 0 Å². The van der Waals surface area contributed by atoms with Crippen molar-refractivity contribution >= 4 is 5.69 Å². The normalized spacial score (nSPS) is 26.2. The van der Waals surface area contributed by atoms with Crippen LogP contribution in [0.1, 0.15) is 19.5 Å². The zero-order valence-electron chi connectivity index (χ0n) is 10.9. The van der Waals surface area contributed by atoms with Gasteiger partial charge < -0.3 is 10.6 Å². The second-order valence-corrected chi connectivity index (χ2v) is 4.98. The highest BCUT2D eigenvalue weighted by Crippen LogP contribution is 2.20. The number of nitrogens with zero attached hydrogens (tertiary/aromatic N) is 3. The third kappa shape index (κ3) is 2.58. The summed E-state index contributed by atoms with van der Waals surface area (Å²) in [6, 6.07) is 5.30. The molecule has 2 rings (SSSR count). The summed E-state index contributed by atoms with van der Waals surface area (Å²) in [4.78, 5) is 9.20. The summed E-state index contributed by atoms with van der Waals surface area (Å²) in [7, 11) is 2.20. The van der Waals surface area contributed by atoms with E-state index in [-0.39, 0.29) is 0 Å². The number of aromatic nitrogens is 1. The Morgan fingerprint density at radius 2 is 1.94 bits per heavy atom. The fourth-order valence-electron chi connectivity index (χ4n) is 2.34. The van der Waals surface area contributed by atoms with Crippen LogP contribution in [0.25, 0.3) is 0 Å². The Morgan fingerprint density at radius 1 is 1.29 bits per heavy atom. The van der Waals surface area contributed by atoms with Crippen molar-refractivity contribution in [2.75, 3.05) is 25.0 Å². The van der Waals surface area contributed by atoms with E-state index in [0.29, 0.717) is 18.6 Å². The third-order valence-corrected chi connectivity index (χ3v) is 3.74. The van der Waals surface area contributed by atoms with Gasteiger partial charge in [-0.05, 0) is 33.0 Å². The first-order chi connectivity index (χ1) is 8.11.